The van der Waals surface area contributed by atoms with E-state index in [1.54, 1.807) is 6.20 Å². The fraction of sp³-hybridized carbons (Fsp3) is 0.250. The summed E-state index contributed by atoms with van der Waals surface area (Å²) in [7, 11) is 1.90. The number of anilines is 1. The van der Waals surface area contributed by atoms with Crippen LogP contribution in [0.15, 0.2) is 12.3 Å². The number of nitrogens with zero attached hydrogens (tertiary/aromatic N) is 3. The van der Waals surface area contributed by atoms with E-state index in [4.69, 9.17) is 5.73 Å². The molecule has 0 bridgehead atoms. The summed E-state index contributed by atoms with van der Waals surface area (Å²) in [6, 6.07) is 1.91. The number of hydrogen-bond acceptors (Lipinski definition) is 3. The summed E-state index contributed by atoms with van der Waals surface area (Å²) >= 11 is 0. The Kier molecular flexibility index (Phi) is 1.30. The van der Waals surface area contributed by atoms with Gasteiger partial charge in [-0.3, -0.25) is 4.68 Å². The van der Waals surface area contributed by atoms with Crippen molar-refractivity contribution >= 4 is 16.7 Å². The van der Waals surface area contributed by atoms with Gasteiger partial charge in [-0.1, -0.05) is 0 Å². The van der Waals surface area contributed by atoms with E-state index in [1.807, 2.05) is 24.7 Å². The second-order valence-electron chi connectivity index (χ2n) is 2.80. The van der Waals surface area contributed by atoms with E-state index in [1.165, 1.54) is 0 Å². The minimum atomic E-state index is 0.554. The van der Waals surface area contributed by atoms with Gasteiger partial charge in [-0.2, -0.15) is 5.10 Å². The van der Waals surface area contributed by atoms with Crippen LogP contribution in [0.25, 0.3) is 10.9 Å². The van der Waals surface area contributed by atoms with Gasteiger partial charge in [0.1, 0.15) is 5.82 Å². The first-order chi connectivity index (χ1) is 5.70. The molecule has 4 heteroatoms. The van der Waals surface area contributed by atoms with E-state index in [0.29, 0.717) is 5.82 Å². The zero-order valence-corrected chi connectivity index (χ0v) is 7.07. The largest absolute Gasteiger partial charge is 0.383 e. The van der Waals surface area contributed by atoms with Gasteiger partial charge in [0.05, 0.1) is 16.6 Å². The van der Waals surface area contributed by atoms with E-state index in [-0.39, 0.29) is 0 Å². The number of aromatic nitrogens is 3. The van der Waals surface area contributed by atoms with Crippen LogP contribution in [0.5, 0.6) is 0 Å². The fourth-order valence-electron chi connectivity index (χ4n) is 1.44. The molecule has 0 aliphatic heterocycles. The molecule has 2 heterocycles. The molecule has 0 radical (unpaired) electrons. The maximum absolute atomic E-state index is 5.71. The lowest BCUT2D eigenvalue weighted by Gasteiger charge is -1.95. The summed E-state index contributed by atoms with van der Waals surface area (Å²) in [5.74, 6) is 0.554. The molecule has 0 spiro atoms. The number of nitrogens with two attached hydrogens (primary N) is 1. The van der Waals surface area contributed by atoms with Crippen LogP contribution in [0.1, 0.15) is 5.69 Å². The van der Waals surface area contributed by atoms with Crippen molar-refractivity contribution in [2.24, 2.45) is 7.05 Å². The standard InChI is InChI=1S/C8H10N4/c1-5-7-6(12(2)11-5)3-4-10-8(7)9/h3-4H,1-2H3,(H2,9,10). The van der Waals surface area contributed by atoms with Gasteiger partial charge in [0.15, 0.2) is 0 Å². The third-order valence-corrected chi connectivity index (χ3v) is 1.97. The Hall–Kier alpha value is -1.58. The number of aryl methyl sites for hydroxylation is 2. The van der Waals surface area contributed by atoms with Gasteiger partial charge in [-0.15, -0.1) is 0 Å². The van der Waals surface area contributed by atoms with E-state index in [9.17, 15) is 0 Å². The van der Waals surface area contributed by atoms with Crippen LogP contribution in [-0.2, 0) is 7.05 Å². The second kappa shape index (κ2) is 2.20. The topological polar surface area (TPSA) is 56.7 Å². The lowest BCUT2D eigenvalue weighted by Crippen LogP contribution is -1.91. The second-order valence-corrected chi connectivity index (χ2v) is 2.80. The smallest absolute Gasteiger partial charge is 0.134 e. The Morgan fingerprint density at radius 2 is 2.25 bits per heavy atom. The molecule has 0 saturated carbocycles. The summed E-state index contributed by atoms with van der Waals surface area (Å²) in [6.45, 7) is 1.93. The van der Waals surface area contributed by atoms with Crippen molar-refractivity contribution in [2.75, 3.05) is 5.73 Å². The first-order valence-electron chi connectivity index (χ1n) is 3.74. The van der Waals surface area contributed by atoms with Crippen LogP contribution >= 0.6 is 0 Å². The Morgan fingerprint density at radius 3 is 2.92 bits per heavy atom. The van der Waals surface area contributed by atoms with Gasteiger partial charge in [0, 0.05) is 13.2 Å². The van der Waals surface area contributed by atoms with Crippen LogP contribution in [0.3, 0.4) is 0 Å². The monoisotopic (exact) mass is 162 g/mol. The first-order valence-corrected chi connectivity index (χ1v) is 3.74. The van der Waals surface area contributed by atoms with Crippen molar-refractivity contribution in [2.45, 2.75) is 6.92 Å². The number of nitrogen functional groups attached to an aromatic ring is 1. The first kappa shape index (κ1) is 7.09. The Bertz CT molecular complexity index is 430. The lowest BCUT2D eigenvalue weighted by molar-refractivity contribution is 0.783. The molecule has 0 amide bonds. The number of fused-ring (bicyclic) bond motifs is 1. The molecule has 0 aromatic carbocycles. The van der Waals surface area contributed by atoms with Crippen molar-refractivity contribution in [3.05, 3.63) is 18.0 Å². The molecule has 0 atom stereocenters. The summed E-state index contributed by atoms with van der Waals surface area (Å²) in [5.41, 5.74) is 7.66. The summed E-state index contributed by atoms with van der Waals surface area (Å²) < 4.78 is 1.81. The van der Waals surface area contributed by atoms with Crippen LogP contribution in [0.2, 0.25) is 0 Å². The van der Waals surface area contributed by atoms with Gasteiger partial charge in [0.25, 0.3) is 0 Å². The van der Waals surface area contributed by atoms with Crippen LogP contribution in [0, 0.1) is 6.92 Å². The maximum Gasteiger partial charge on any atom is 0.134 e. The summed E-state index contributed by atoms with van der Waals surface area (Å²) in [5, 5.41) is 5.21. The summed E-state index contributed by atoms with van der Waals surface area (Å²) in [4.78, 5) is 4.01. The predicted octanol–water partition coefficient (Wildman–Crippen LogP) is 0.859. The molecule has 0 aliphatic carbocycles. The molecular formula is C8H10N4. The van der Waals surface area contributed by atoms with Gasteiger partial charge in [-0.25, -0.2) is 4.98 Å². The van der Waals surface area contributed by atoms with Crippen molar-refractivity contribution in [1.82, 2.24) is 14.8 Å². The number of hydrogen-bond donors (Lipinski definition) is 1. The van der Waals surface area contributed by atoms with Gasteiger partial charge in [0.2, 0.25) is 0 Å². The molecular weight excluding hydrogens is 152 g/mol. The average Bonchev–Trinajstić information content (AvgIpc) is 2.29. The van der Waals surface area contributed by atoms with Crippen molar-refractivity contribution in [1.29, 1.82) is 0 Å². The highest BCUT2D eigenvalue weighted by Gasteiger charge is 2.07. The number of pyridine rings is 1. The maximum atomic E-state index is 5.71. The minimum absolute atomic E-state index is 0.554. The summed E-state index contributed by atoms with van der Waals surface area (Å²) in [6.07, 6.45) is 1.69. The highest BCUT2D eigenvalue weighted by molar-refractivity contribution is 5.90. The van der Waals surface area contributed by atoms with E-state index < -0.39 is 0 Å². The van der Waals surface area contributed by atoms with Gasteiger partial charge in [-0.05, 0) is 13.0 Å². The normalized spacial score (nSPS) is 10.8. The SMILES string of the molecule is Cc1nn(C)c2ccnc(N)c12. The Morgan fingerprint density at radius 1 is 1.50 bits per heavy atom. The zero-order valence-electron chi connectivity index (χ0n) is 7.07. The van der Waals surface area contributed by atoms with Crippen molar-refractivity contribution in [3.8, 4) is 0 Å². The van der Waals surface area contributed by atoms with Crippen molar-refractivity contribution in [3.63, 3.8) is 0 Å². The molecule has 0 unspecified atom stereocenters. The molecule has 0 fully saturated rings. The fourth-order valence-corrected chi connectivity index (χ4v) is 1.44. The van der Waals surface area contributed by atoms with Crippen LogP contribution in [0.4, 0.5) is 5.82 Å². The Balaban J connectivity index is 2.99. The predicted molar refractivity (Wildman–Crippen MR) is 47.7 cm³/mol. The highest BCUT2D eigenvalue weighted by Crippen LogP contribution is 2.20. The van der Waals surface area contributed by atoms with Gasteiger partial charge >= 0.3 is 0 Å². The van der Waals surface area contributed by atoms with E-state index in [0.717, 1.165) is 16.6 Å². The molecule has 0 aliphatic rings. The van der Waals surface area contributed by atoms with Gasteiger partial charge < -0.3 is 5.73 Å². The quantitative estimate of drug-likeness (QED) is 0.625. The van der Waals surface area contributed by atoms with E-state index >= 15 is 0 Å². The third kappa shape index (κ3) is 0.777. The highest BCUT2D eigenvalue weighted by atomic mass is 15.3. The number of rotatable bonds is 0. The minimum Gasteiger partial charge on any atom is -0.383 e. The molecule has 2 rings (SSSR count). The zero-order chi connectivity index (χ0) is 8.72. The third-order valence-electron chi connectivity index (χ3n) is 1.97. The Labute approximate surface area is 70.0 Å². The average molecular weight is 162 g/mol. The molecule has 62 valence electrons. The van der Waals surface area contributed by atoms with Crippen molar-refractivity contribution < 1.29 is 0 Å². The molecule has 2 N–H and O–H groups in total. The molecule has 4 nitrogen and oxygen atoms in total. The lowest BCUT2D eigenvalue weighted by atomic mass is 10.2. The van der Waals surface area contributed by atoms with Crippen LogP contribution in [-0.4, -0.2) is 14.8 Å². The van der Waals surface area contributed by atoms with E-state index in [2.05, 4.69) is 10.1 Å². The van der Waals surface area contributed by atoms with Crippen LogP contribution < -0.4 is 5.73 Å². The molecule has 0 saturated heterocycles. The molecule has 2 aromatic heterocycles. The molecule has 2 aromatic rings. The molecule has 12 heavy (non-hydrogen) atoms.